The fraction of sp³-hybridized carbons (Fsp3) is 0.591. The zero-order valence-electron chi connectivity index (χ0n) is 18.2. The van der Waals surface area contributed by atoms with Gasteiger partial charge in [-0.15, -0.1) is 0 Å². The van der Waals surface area contributed by atoms with Gasteiger partial charge in [0.25, 0.3) is 10.2 Å². The molecule has 1 unspecified atom stereocenters. The molecular weight excluding hydrogens is 416 g/mol. The maximum absolute atomic E-state index is 13.4. The predicted molar refractivity (Wildman–Crippen MR) is 113 cm³/mol. The summed E-state index contributed by atoms with van der Waals surface area (Å²) in [7, 11) is -2.40. The normalized spacial score (nSPS) is 32.9. The highest BCUT2D eigenvalue weighted by atomic mass is 32.2. The summed E-state index contributed by atoms with van der Waals surface area (Å²) in [5.41, 5.74) is 1.05. The topological polar surface area (TPSA) is 102 Å². The molecule has 2 amide bonds. The van der Waals surface area contributed by atoms with Crippen molar-refractivity contribution in [1.82, 2.24) is 13.5 Å². The van der Waals surface area contributed by atoms with Gasteiger partial charge in [0.2, 0.25) is 11.8 Å². The molecule has 31 heavy (non-hydrogen) atoms. The largest absolute Gasteiger partial charge is 0.282 e. The molecule has 0 aromatic heterocycles. The Balaban J connectivity index is 1.56. The first-order valence-electron chi connectivity index (χ1n) is 10.7. The molecule has 6 atom stereocenters. The van der Waals surface area contributed by atoms with Crippen LogP contribution in [-0.4, -0.2) is 59.4 Å². The van der Waals surface area contributed by atoms with Crippen molar-refractivity contribution in [3.05, 3.63) is 35.4 Å². The van der Waals surface area contributed by atoms with E-state index in [0.29, 0.717) is 17.5 Å². The van der Waals surface area contributed by atoms with Gasteiger partial charge in [0.15, 0.2) is 0 Å². The van der Waals surface area contributed by atoms with Crippen molar-refractivity contribution in [2.75, 3.05) is 13.6 Å². The van der Waals surface area contributed by atoms with Gasteiger partial charge in [0.1, 0.15) is 0 Å². The maximum Gasteiger partial charge on any atom is 0.282 e. The zero-order valence-corrected chi connectivity index (χ0v) is 19.0. The lowest BCUT2D eigenvalue weighted by atomic mass is 10.0. The van der Waals surface area contributed by atoms with Crippen LogP contribution < -0.4 is 0 Å². The van der Waals surface area contributed by atoms with Crippen LogP contribution in [-0.2, 0) is 26.3 Å². The van der Waals surface area contributed by atoms with Crippen LogP contribution in [0.25, 0.3) is 0 Å². The van der Waals surface area contributed by atoms with Gasteiger partial charge in [-0.2, -0.15) is 22.3 Å². The number of benzene rings is 1. The van der Waals surface area contributed by atoms with E-state index in [9.17, 15) is 23.3 Å². The molecule has 1 aromatic carbocycles. The standard InChI is InChI=1S/C22H28N4O4S/c1-13-14(2)19(13)22(28)26-18-9-10-25(20(18)15(3)21(26)27)31(29,30)24(4)12-17-8-6-5-7-16(17)11-23/h5-8,13-15,18-20H,9-10,12H2,1-4H3/t13-,14+,15-,18-,19?,20+/m0/s1. The third-order valence-corrected chi connectivity index (χ3v) is 9.34. The van der Waals surface area contributed by atoms with Gasteiger partial charge < -0.3 is 0 Å². The van der Waals surface area contributed by atoms with Gasteiger partial charge in [-0.05, 0) is 29.9 Å². The van der Waals surface area contributed by atoms with Gasteiger partial charge in [-0.25, -0.2) is 0 Å². The van der Waals surface area contributed by atoms with Crippen molar-refractivity contribution in [3.63, 3.8) is 0 Å². The Morgan fingerprint density at radius 3 is 2.48 bits per heavy atom. The Bertz CT molecular complexity index is 1060. The first-order chi connectivity index (χ1) is 14.6. The van der Waals surface area contributed by atoms with E-state index in [1.165, 1.54) is 20.6 Å². The number of hydrogen-bond donors (Lipinski definition) is 0. The number of hydrogen-bond acceptors (Lipinski definition) is 5. The average Bonchev–Trinajstić information content (AvgIpc) is 3.05. The molecule has 9 heteroatoms. The Labute approximate surface area is 183 Å². The minimum atomic E-state index is -3.88. The van der Waals surface area contributed by atoms with Crippen LogP contribution in [0.5, 0.6) is 0 Å². The lowest BCUT2D eigenvalue weighted by molar-refractivity contribution is -0.146. The molecule has 0 spiro atoms. The lowest BCUT2D eigenvalue weighted by Crippen LogP contribution is -2.48. The molecule has 166 valence electrons. The molecule has 2 aliphatic heterocycles. The number of carbonyl (C=O) groups is 2. The van der Waals surface area contributed by atoms with E-state index < -0.39 is 28.2 Å². The van der Waals surface area contributed by atoms with Gasteiger partial charge in [-0.1, -0.05) is 39.0 Å². The Morgan fingerprint density at radius 1 is 1.23 bits per heavy atom. The smallest absolute Gasteiger partial charge is 0.277 e. The second-order valence-electron chi connectivity index (χ2n) is 9.07. The van der Waals surface area contributed by atoms with Gasteiger partial charge >= 0.3 is 0 Å². The molecule has 3 aliphatic rings. The lowest BCUT2D eigenvalue weighted by Gasteiger charge is -2.30. The number of fused-ring (bicyclic) bond motifs is 1. The first-order valence-corrected chi connectivity index (χ1v) is 12.1. The van der Waals surface area contributed by atoms with Crippen LogP contribution >= 0.6 is 0 Å². The van der Waals surface area contributed by atoms with Crippen molar-refractivity contribution in [3.8, 4) is 6.07 Å². The van der Waals surface area contributed by atoms with Crippen LogP contribution in [0.2, 0.25) is 0 Å². The van der Waals surface area contributed by atoms with E-state index in [1.807, 2.05) is 13.8 Å². The van der Waals surface area contributed by atoms with Crippen LogP contribution in [0.3, 0.4) is 0 Å². The summed E-state index contributed by atoms with van der Waals surface area (Å²) in [6, 6.07) is 8.01. The summed E-state index contributed by atoms with van der Waals surface area (Å²) in [4.78, 5) is 27.3. The van der Waals surface area contributed by atoms with Crippen LogP contribution in [0, 0.1) is 35.0 Å². The third-order valence-electron chi connectivity index (χ3n) is 7.41. The number of amides is 2. The minimum absolute atomic E-state index is 0.0576. The molecule has 1 saturated carbocycles. The molecular formula is C22H28N4O4S. The van der Waals surface area contributed by atoms with E-state index in [4.69, 9.17) is 0 Å². The van der Waals surface area contributed by atoms with E-state index >= 15 is 0 Å². The van der Waals surface area contributed by atoms with Crippen molar-refractivity contribution in [2.45, 2.75) is 45.8 Å². The van der Waals surface area contributed by atoms with Crippen molar-refractivity contribution in [2.24, 2.45) is 23.7 Å². The second kappa shape index (κ2) is 7.69. The summed E-state index contributed by atoms with van der Waals surface area (Å²) in [5.74, 6) is -0.644. The van der Waals surface area contributed by atoms with E-state index in [1.54, 1.807) is 31.2 Å². The quantitative estimate of drug-likeness (QED) is 0.642. The summed E-state index contributed by atoms with van der Waals surface area (Å²) in [5, 5.41) is 9.30. The molecule has 8 nitrogen and oxygen atoms in total. The van der Waals surface area contributed by atoms with Crippen molar-refractivity contribution < 1.29 is 18.0 Å². The molecule has 2 heterocycles. The zero-order chi connectivity index (χ0) is 22.7. The third kappa shape index (κ3) is 3.37. The predicted octanol–water partition coefficient (Wildman–Crippen LogP) is 1.58. The fourth-order valence-electron chi connectivity index (χ4n) is 5.25. The minimum Gasteiger partial charge on any atom is -0.277 e. The molecule has 0 bridgehead atoms. The number of rotatable bonds is 5. The van der Waals surface area contributed by atoms with Crippen LogP contribution in [0.1, 0.15) is 38.3 Å². The molecule has 4 rings (SSSR count). The van der Waals surface area contributed by atoms with Gasteiger partial charge in [0, 0.05) is 26.1 Å². The van der Waals surface area contributed by atoms with Crippen LogP contribution in [0.15, 0.2) is 24.3 Å². The SMILES string of the molecule is C[C@@H]1C(=O)N(C(=O)C2[C@@H](C)[C@H]2C)[C@H]2CCN(S(=O)(=O)N(C)Cc3ccccc3C#N)[C@H]12. The summed E-state index contributed by atoms with van der Waals surface area (Å²) < 4.78 is 29.4. The number of carbonyl (C=O) groups excluding carboxylic acids is 2. The van der Waals surface area contributed by atoms with Crippen molar-refractivity contribution >= 4 is 22.0 Å². The highest BCUT2D eigenvalue weighted by Gasteiger charge is 2.60. The maximum atomic E-state index is 13.4. The number of nitrogens with zero attached hydrogens (tertiary/aromatic N) is 4. The molecule has 2 saturated heterocycles. The average molecular weight is 445 g/mol. The van der Waals surface area contributed by atoms with E-state index in [0.717, 1.165) is 0 Å². The van der Waals surface area contributed by atoms with Crippen molar-refractivity contribution in [1.29, 1.82) is 5.26 Å². The van der Waals surface area contributed by atoms with Gasteiger partial charge in [0.05, 0.1) is 29.6 Å². The first kappa shape index (κ1) is 21.9. The van der Waals surface area contributed by atoms with E-state index in [-0.39, 0.29) is 42.7 Å². The van der Waals surface area contributed by atoms with Crippen LogP contribution in [0.4, 0.5) is 0 Å². The molecule has 0 N–H and O–H groups in total. The Hall–Kier alpha value is -2.28. The monoisotopic (exact) mass is 444 g/mol. The molecule has 1 aliphatic carbocycles. The highest BCUT2D eigenvalue weighted by Crippen LogP contribution is 2.49. The summed E-state index contributed by atoms with van der Waals surface area (Å²) >= 11 is 0. The van der Waals surface area contributed by atoms with E-state index in [2.05, 4.69) is 6.07 Å². The second-order valence-corrected chi connectivity index (χ2v) is 11.1. The fourth-order valence-corrected chi connectivity index (χ4v) is 6.87. The Morgan fingerprint density at radius 2 is 1.87 bits per heavy atom. The summed E-state index contributed by atoms with van der Waals surface area (Å²) in [6.45, 7) is 6.05. The van der Waals surface area contributed by atoms with Gasteiger partial charge in [-0.3, -0.25) is 14.5 Å². The number of likely N-dealkylation sites (tertiary alicyclic amines) is 1. The highest BCUT2D eigenvalue weighted by molar-refractivity contribution is 7.86. The molecule has 0 radical (unpaired) electrons. The summed E-state index contributed by atoms with van der Waals surface area (Å²) in [6.07, 6.45) is 0.448. The molecule has 3 fully saturated rings. The Kier molecular flexibility index (Phi) is 5.44. The molecule has 1 aromatic rings. The number of imide groups is 1. The number of nitriles is 1.